The first-order valence-corrected chi connectivity index (χ1v) is 4.48. The van der Waals surface area contributed by atoms with Gasteiger partial charge in [0.05, 0.1) is 4.47 Å². The average molecular weight is 217 g/mol. The van der Waals surface area contributed by atoms with E-state index in [1.807, 2.05) is 19.1 Å². The molecule has 0 nitrogen and oxygen atoms in total. The summed E-state index contributed by atoms with van der Waals surface area (Å²) in [4.78, 5) is 0. The van der Waals surface area contributed by atoms with Crippen LogP contribution in [0.3, 0.4) is 0 Å². The Bertz CT molecular complexity index is 245. The summed E-state index contributed by atoms with van der Waals surface area (Å²) >= 11 is 3.14. The van der Waals surface area contributed by atoms with Crippen molar-refractivity contribution >= 4 is 15.9 Å². The van der Waals surface area contributed by atoms with E-state index in [4.69, 9.17) is 0 Å². The highest BCUT2D eigenvalue weighted by molar-refractivity contribution is 9.10. The van der Waals surface area contributed by atoms with Gasteiger partial charge in [0.2, 0.25) is 0 Å². The topological polar surface area (TPSA) is 0 Å². The van der Waals surface area contributed by atoms with Crippen molar-refractivity contribution in [1.29, 1.82) is 0 Å². The van der Waals surface area contributed by atoms with Crippen molar-refractivity contribution in [3.63, 3.8) is 0 Å². The average Bonchev–Trinajstić information content (AvgIpc) is 1.99. The fraction of sp³-hybridized carbons (Fsp3) is 0.333. The smallest absolute Gasteiger partial charge is 0.140 e. The van der Waals surface area contributed by atoms with Crippen molar-refractivity contribution in [3.05, 3.63) is 34.1 Å². The van der Waals surface area contributed by atoms with Gasteiger partial charge in [-0.3, -0.25) is 0 Å². The van der Waals surface area contributed by atoms with E-state index in [0.717, 1.165) is 18.4 Å². The van der Waals surface area contributed by atoms with Crippen molar-refractivity contribution in [1.82, 2.24) is 0 Å². The summed E-state index contributed by atoms with van der Waals surface area (Å²) < 4.78 is 13.7. The van der Waals surface area contributed by atoms with Crippen molar-refractivity contribution in [2.24, 2.45) is 0 Å². The lowest BCUT2D eigenvalue weighted by Gasteiger charge is -2.01. The summed E-state index contributed by atoms with van der Waals surface area (Å²) in [6.45, 7) is 2.04. The van der Waals surface area contributed by atoms with Gasteiger partial charge in [-0.2, -0.15) is 0 Å². The maximum absolute atomic E-state index is 13.1. The Morgan fingerprint density at radius 3 is 2.82 bits per heavy atom. The Labute approximate surface area is 74.6 Å². The molecular weight excluding hydrogens is 207 g/mol. The van der Waals surface area contributed by atoms with Crippen LogP contribution in [0.15, 0.2) is 22.7 Å². The Morgan fingerprint density at radius 2 is 2.18 bits per heavy atom. The van der Waals surface area contributed by atoms with E-state index in [-0.39, 0.29) is 5.82 Å². The van der Waals surface area contributed by atoms with Crippen LogP contribution in [0.2, 0.25) is 0 Å². The zero-order valence-corrected chi connectivity index (χ0v) is 7.99. The second-order valence-corrected chi connectivity index (χ2v) is 3.32. The predicted molar refractivity (Wildman–Crippen MR) is 48.1 cm³/mol. The minimum Gasteiger partial charge on any atom is -0.205 e. The van der Waals surface area contributed by atoms with Gasteiger partial charge in [-0.05, 0) is 34.0 Å². The number of aryl methyl sites for hydroxylation is 1. The molecule has 1 rings (SSSR count). The zero-order chi connectivity index (χ0) is 8.27. The van der Waals surface area contributed by atoms with E-state index in [9.17, 15) is 4.39 Å². The fourth-order valence-electron chi connectivity index (χ4n) is 1.01. The third-order valence-electron chi connectivity index (χ3n) is 1.55. The molecule has 0 heterocycles. The number of hydrogen-bond acceptors (Lipinski definition) is 0. The van der Waals surface area contributed by atoms with Crippen molar-refractivity contribution in [3.8, 4) is 0 Å². The molecule has 0 saturated heterocycles. The van der Waals surface area contributed by atoms with Crippen LogP contribution in [0.5, 0.6) is 0 Å². The van der Waals surface area contributed by atoms with Crippen LogP contribution in [0.1, 0.15) is 18.9 Å². The van der Waals surface area contributed by atoms with Crippen LogP contribution in [-0.2, 0) is 6.42 Å². The van der Waals surface area contributed by atoms with Gasteiger partial charge in [0.15, 0.2) is 0 Å². The van der Waals surface area contributed by atoms with Crippen molar-refractivity contribution in [2.75, 3.05) is 0 Å². The van der Waals surface area contributed by atoms with E-state index in [0.29, 0.717) is 4.47 Å². The highest BCUT2D eigenvalue weighted by Crippen LogP contribution is 2.19. The number of rotatable bonds is 2. The Balaban J connectivity index is 2.96. The van der Waals surface area contributed by atoms with Gasteiger partial charge in [-0.25, -0.2) is 4.39 Å². The molecule has 11 heavy (non-hydrogen) atoms. The molecule has 0 amide bonds. The second kappa shape index (κ2) is 3.86. The summed E-state index contributed by atoms with van der Waals surface area (Å²) in [6, 6.07) is 5.40. The third kappa shape index (κ3) is 2.03. The molecular formula is C9H10BrF. The largest absolute Gasteiger partial charge is 0.205 e. The number of benzene rings is 1. The quantitative estimate of drug-likeness (QED) is 0.710. The van der Waals surface area contributed by atoms with Crippen LogP contribution in [0.25, 0.3) is 0 Å². The van der Waals surface area contributed by atoms with Crippen LogP contribution < -0.4 is 0 Å². The molecule has 0 aliphatic rings. The molecule has 0 aliphatic heterocycles. The van der Waals surface area contributed by atoms with Gasteiger partial charge in [0, 0.05) is 0 Å². The molecule has 0 unspecified atom stereocenters. The first kappa shape index (κ1) is 8.72. The molecule has 0 fully saturated rings. The molecule has 0 atom stereocenters. The lowest BCUT2D eigenvalue weighted by Crippen LogP contribution is -1.89. The maximum Gasteiger partial charge on any atom is 0.140 e. The first-order chi connectivity index (χ1) is 5.25. The highest BCUT2D eigenvalue weighted by Gasteiger charge is 2.03. The Kier molecular flexibility index (Phi) is 3.06. The summed E-state index contributed by atoms with van der Waals surface area (Å²) in [5, 5.41) is 0. The van der Waals surface area contributed by atoms with Gasteiger partial charge >= 0.3 is 0 Å². The summed E-state index contributed by atoms with van der Waals surface area (Å²) in [6.07, 6.45) is 1.79. The molecule has 0 radical (unpaired) electrons. The summed E-state index contributed by atoms with van der Waals surface area (Å²) in [7, 11) is 0. The monoisotopic (exact) mass is 216 g/mol. The van der Waals surface area contributed by atoms with Crippen LogP contribution in [0, 0.1) is 5.82 Å². The molecule has 1 aromatic rings. The van der Waals surface area contributed by atoms with Crippen molar-refractivity contribution < 1.29 is 4.39 Å². The van der Waals surface area contributed by atoms with Crippen LogP contribution in [0.4, 0.5) is 4.39 Å². The highest BCUT2D eigenvalue weighted by atomic mass is 79.9. The second-order valence-electron chi connectivity index (χ2n) is 2.46. The summed E-state index contributed by atoms with van der Waals surface area (Å²) in [5.41, 5.74) is 0.793. The van der Waals surface area contributed by atoms with E-state index in [1.54, 1.807) is 6.07 Å². The number of halogens is 2. The van der Waals surface area contributed by atoms with Gasteiger partial charge in [-0.1, -0.05) is 25.5 Å². The van der Waals surface area contributed by atoms with Gasteiger partial charge in [-0.15, -0.1) is 0 Å². The zero-order valence-electron chi connectivity index (χ0n) is 6.40. The fourth-order valence-corrected chi connectivity index (χ4v) is 1.42. The van der Waals surface area contributed by atoms with E-state index in [1.165, 1.54) is 0 Å². The molecule has 0 aromatic heterocycles. The standard InChI is InChI=1S/C9H10BrF/c1-2-4-7-5-3-6-8(10)9(7)11/h3,5-6H,2,4H2,1H3. The first-order valence-electron chi connectivity index (χ1n) is 3.68. The minimum absolute atomic E-state index is 0.116. The molecule has 60 valence electrons. The Morgan fingerprint density at radius 1 is 1.45 bits per heavy atom. The van der Waals surface area contributed by atoms with E-state index < -0.39 is 0 Å². The molecule has 0 N–H and O–H groups in total. The normalized spacial score (nSPS) is 10.1. The third-order valence-corrected chi connectivity index (χ3v) is 2.16. The van der Waals surface area contributed by atoms with E-state index in [2.05, 4.69) is 15.9 Å². The van der Waals surface area contributed by atoms with Crippen LogP contribution >= 0.6 is 15.9 Å². The van der Waals surface area contributed by atoms with Crippen molar-refractivity contribution in [2.45, 2.75) is 19.8 Å². The predicted octanol–water partition coefficient (Wildman–Crippen LogP) is 3.54. The van der Waals surface area contributed by atoms with Gasteiger partial charge in [0.1, 0.15) is 5.82 Å². The Hall–Kier alpha value is -0.370. The molecule has 0 aliphatic carbocycles. The lowest BCUT2D eigenvalue weighted by molar-refractivity contribution is 0.601. The molecule has 1 aromatic carbocycles. The lowest BCUT2D eigenvalue weighted by atomic mass is 10.1. The molecule has 0 saturated carbocycles. The van der Waals surface area contributed by atoms with Gasteiger partial charge in [0.25, 0.3) is 0 Å². The molecule has 2 heteroatoms. The SMILES string of the molecule is CCCc1cccc(Br)c1F. The number of hydrogen-bond donors (Lipinski definition) is 0. The minimum atomic E-state index is -0.116. The maximum atomic E-state index is 13.1. The van der Waals surface area contributed by atoms with Gasteiger partial charge < -0.3 is 0 Å². The molecule has 0 bridgehead atoms. The molecule has 0 spiro atoms. The summed E-state index contributed by atoms with van der Waals surface area (Å²) in [5.74, 6) is -0.116. The van der Waals surface area contributed by atoms with E-state index >= 15 is 0 Å². The van der Waals surface area contributed by atoms with Crippen LogP contribution in [-0.4, -0.2) is 0 Å².